The Bertz CT molecular complexity index is 1640. The Morgan fingerprint density at radius 3 is 2.28 bits per heavy atom. The number of hydrogen-bond donors (Lipinski definition) is 1. The summed E-state index contributed by atoms with van der Waals surface area (Å²) in [6, 6.07) is 16.7. The van der Waals surface area contributed by atoms with E-state index in [1.807, 2.05) is 38.1 Å². The van der Waals surface area contributed by atoms with Crippen LogP contribution in [0, 0.1) is 20.8 Å². The van der Waals surface area contributed by atoms with Crippen molar-refractivity contribution in [3.05, 3.63) is 89.2 Å². The van der Waals surface area contributed by atoms with Crippen molar-refractivity contribution < 1.29 is 22.7 Å². The molecule has 0 aliphatic carbocycles. The number of alkyl halides is 3. The lowest BCUT2D eigenvalue weighted by Gasteiger charge is -2.27. The van der Waals surface area contributed by atoms with Crippen LogP contribution in [0.5, 0.6) is 5.75 Å². The van der Waals surface area contributed by atoms with Crippen LogP contribution < -0.4 is 15.0 Å². The third-order valence-electron chi connectivity index (χ3n) is 6.99. The van der Waals surface area contributed by atoms with Crippen LogP contribution in [0.2, 0.25) is 0 Å². The van der Waals surface area contributed by atoms with Crippen LogP contribution in [0.25, 0.3) is 17.1 Å². The summed E-state index contributed by atoms with van der Waals surface area (Å²) in [7, 11) is 0. The third-order valence-corrected chi connectivity index (χ3v) is 7.95. The van der Waals surface area contributed by atoms with Crippen molar-refractivity contribution in [2.45, 2.75) is 46.5 Å². The SMILES string of the molecule is Cc1cc(C)c(N2CCS/C2=N\C(=O)NC(C)(C)c2ccc(-c3ncn(-c4ccc(OC(F)(F)F)cc4)n3)cc2)c(C)c1. The summed E-state index contributed by atoms with van der Waals surface area (Å²) in [5.74, 6) is 0.977. The highest BCUT2D eigenvalue weighted by atomic mass is 32.2. The van der Waals surface area contributed by atoms with Gasteiger partial charge in [-0.25, -0.2) is 14.5 Å². The van der Waals surface area contributed by atoms with E-state index in [4.69, 9.17) is 0 Å². The molecule has 0 atom stereocenters. The standard InChI is InChI=1S/C31H31F3N6O2S/c1-19-16-20(2)26(21(3)17-19)39-14-15-43-29(39)36-28(41)37-30(4,5)23-8-6-22(7-9-23)27-35-18-40(38-27)24-10-12-25(13-11-24)42-31(32,33)34/h6-13,16-18H,14-15H2,1-5H3,(H,37,41)/b36-29-. The zero-order valence-electron chi connectivity index (χ0n) is 24.4. The molecule has 1 aromatic heterocycles. The molecule has 1 aliphatic rings. The van der Waals surface area contributed by atoms with E-state index in [2.05, 4.69) is 62.9 Å². The molecular formula is C31H31F3N6O2S. The second-order valence-corrected chi connectivity index (χ2v) is 11.9. The highest BCUT2D eigenvalue weighted by molar-refractivity contribution is 8.14. The van der Waals surface area contributed by atoms with Crippen LogP contribution in [0.15, 0.2) is 72.0 Å². The van der Waals surface area contributed by atoms with Crippen LogP contribution in [0.1, 0.15) is 36.1 Å². The minimum Gasteiger partial charge on any atom is -0.406 e. The number of aliphatic imine (C=N–C) groups is 1. The number of urea groups is 1. The molecule has 1 aliphatic heterocycles. The molecule has 4 aromatic rings. The molecule has 2 heterocycles. The molecule has 0 unspecified atom stereocenters. The summed E-state index contributed by atoms with van der Waals surface area (Å²) in [4.78, 5) is 24.0. The van der Waals surface area contributed by atoms with Gasteiger partial charge in [-0.2, -0.15) is 4.99 Å². The van der Waals surface area contributed by atoms with Gasteiger partial charge in [0.05, 0.1) is 11.2 Å². The lowest BCUT2D eigenvalue weighted by Crippen LogP contribution is -2.40. The van der Waals surface area contributed by atoms with Gasteiger partial charge in [0.15, 0.2) is 11.0 Å². The number of aromatic nitrogens is 3. The van der Waals surface area contributed by atoms with E-state index in [0.717, 1.165) is 40.2 Å². The van der Waals surface area contributed by atoms with Gasteiger partial charge in [-0.1, -0.05) is 53.7 Å². The molecule has 3 aromatic carbocycles. The number of hydrogen-bond acceptors (Lipinski definition) is 5. The Kier molecular flexibility index (Phi) is 8.24. The van der Waals surface area contributed by atoms with Crippen molar-refractivity contribution in [2.24, 2.45) is 4.99 Å². The lowest BCUT2D eigenvalue weighted by molar-refractivity contribution is -0.274. The summed E-state index contributed by atoms with van der Waals surface area (Å²) in [5.41, 5.74) is 6.03. The zero-order chi connectivity index (χ0) is 30.9. The molecule has 1 N–H and O–H groups in total. The molecule has 0 bridgehead atoms. The summed E-state index contributed by atoms with van der Waals surface area (Å²) in [5, 5.41) is 8.16. The van der Waals surface area contributed by atoms with Crippen molar-refractivity contribution in [2.75, 3.05) is 17.2 Å². The Morgan fingerprint density at radius 1 is 1.00 bits per heavy atom. The van der Waals surface area contributed by atoms with E-state index in [0.29, 0.717) is 16.7 Å². The Hall–Kier alpha value is -4.32. The number of nitrogens with zero attached hydrogens (tertiary/aromatic N) is 5. The summed E-state index contributed by atoms with van der Waals surface area (Å²) >= 11 is 1.57. The predicted molar refractivity (Wildman–Crippen MR) is 163 cm³/mol. The quantitative estimate of drug-likeness (QED) is 0.247. The Morgan fingerprint density at radius 2 is 1.65 bits per heavy atom. The van der Waals surface area contributed by atoms with Crippen molar-refractivity contribution in [1.29, 1.82) is 0 Å². The van der Waals surface area contributed by atoms with Gasteiger partial charge in [-0.15, -0.1) is 18.3 Å². The number of carbonyl (C=O) groups is 1. The second-order valence-electron chi connectivity index (χ2n) is 10.8. The number of carbonyl (C=O) groups excluding carboxylic acids is 1. The highest BCUT2D eigenvalue weighted by Gasteiger charge is 2.31. The fourth-order valence-corrected chi connectivity index (χ4v) is 6.05. The second kappa shape index (κ2) is 11.8. The molecule has 224 valence electrons. The Balaban J connectivity index is 1.26. The number of nitrogens with one attached hydrogen (secondary N) is 1. The van der Waals surface area contributed by atoms with E-state index >= 15 is 0 Å². The maximum absolute atomic E-state index is 13.1. The van der Waals surface area contributed by atoms with Crippen molar-refractivity contribution in [1.82, 2.24) is 20.1 Å². The number of amides is 2. The van der Waals surface area contributed by atoms with E-state index < -0.39 is 17.9 Å². The van der Waals surface area contributed by atoms with Crippen molar-refractivity contribution in [3.63, 3.8) is 0 Å². The average molecular weight is 609 g/mol. The molecule has 0 spiro atoms. The van der Waals surface area contributed by atoms with Crippen molar-refractivity contribution >= 4 is 28.6 Å². The average Bonchev–Trinajstić information content (AvgIpc) is 3.58. The molecular weight excluding hydrogens is 577 g/mol. The smallest absolute Gasteiger partial charge is 0.406 e. The molecule has 2 amide bonds. The summed E-state index contributed by atoms with van der Waals surface area (Å²) in [6.07, 6.45) is -3.27. The molecule has 1 fully saturated rings. The number of ether oxygens (including phenoxy) is 1. The van der Waals surface area contributed by atoms with Crippen LogP contribution in [0.4, 0.5) is 23.7 Å². The first-order chi connectivity index (χ1) is 20.3. The number of rotatable bonds is 6. The number of amidine groups is 1. The maximum Gasteiger partial charge on any atom is 0.573 e. The number of anilines is 1. The molecule has 0 radical (unpaired) electrons. The number of thioether (sulfide) groups is 1. The minimum absolute atomic E-state index is 0.316. The van der Waals surface area contributed by atoms with Gasteiger partial charge in [0.25, 0.3) is 0 Å². The van der Waals surface area contributed by atoms with Crippen LogP contribution >= 0.6 is 11.8 Å². The maximum atomic E-state index is 13.1. The monoisotopic (exact) mass is 608 g/mol. The van der Waals surface area contributed by atoms with Crippen LogP contribution in [-0.2, 0) is 5.54 Å². The molecule has 5 rings (SSSR count). The highest BCUT2D eigenvalue weighted by Crippen LogP contribution is 2.33. The van der Waals surface area contributed by atoms with Gasteiger partial charge < -0.3 is 15.0 Å². The zero-order valence-corrected chi connectivity index (χ0v) is 25.2. The topological polar surface area (TPSA) is 84.6 Å². The first-order valence-corrected chi connectivity index (χ1v) is 14.6. The minimum atomic E-state index is -4.75. The fraction of sp³-hybridized carbons (Fsp3) is 0.290. The molecule has 8 nitrogen and oxygen atoms in total. The van der Waals surface area contributed by atoms with Gasteiger partial charge in [-0.05, 0) is 75.6 Å². The number of benzene rings is 3. The normalized spacial score (nSPS) is 14.8. The summed E-state index contributed by atoms with van der Waals surface area (Å²) < 4.78 is 42.7. The van der Waals surface area contributed by atoms with E-state index in [1.165, 1.54) is 40.8 Å². The van der Waals surface area contributed by atoms with Gasteiger partial charge in [0, 0.05) is 23.5 Å². The molecule has 43 heavy (non-hydrogen) atoms. The Labute approximate surface area is 252 Å². The largest absolute Gasteiger partial charge is 0.573 e. The lowest BCUT2D eigenvalue weighted by atomic mass is 9.93. The van der Waals surface area contributed by atoms with E-state index in [-0.39, 0.29) is 5.75 Å². The van der Waals surface area contributed by atoms with Crippen LogP contribution in [0.3, 0.4) is 0 Å². The molecule has 1 saturated heterocycles. The third kappa shape index (κ3) is 7.02. The van der Waals surface area contributed by atoms with Crippen molar-refractivity contribution in [3.8, 4) is 22.8 Å². The van der Waals surface area contributed by atoms with Gasteiger partial charge >= 0.3 is 12.4 Å². The number of aryl methyl sites for hydroxylation is 3. The van der Waals surface area contributed by atoms with E-state index in [9.17, 15) is 18.0 Å². The van der Waals surface area contributed by atoms with Gasteiger partial charge in [-0.3, -0.25) is 0 Å². The molecule has 0 saturated carbocycles. The predicted octanol–water partition coefficient (Wildman–Crippen LogP) is 7.31. The summed E-state index contributed by atoms with van der Waals surface area (Å²) in [6.45, 7) is 10.8. The first-order valence-electron chi connectivity index (χ1n) is 13.6. The van der Waals surface area contributed by atoms with E-state index in [1.54, 1.807) is 11.8 Å². The van der Waals surface area contributed by atoms with Gasteiger partial charge in [0.1, 0.15) is 12.1 Å². The number of halogens is 3. The molecule has 12 heteroatoms. The fourth-order valence-electron chi connectivity index (χ4n) is 5.11. The van der Waals surface area contributed by atoms with Gasteiger partial charge in [0.2, 0.25) is 0 Å². The van der Waals surface area contributed by atoms with Crippen LogP contribution in [-0.4, -0.2) is 44.6 Å². The first kappa shape index (κ1) is 30.1.